The van der Waals surface area contributed by atoms with Crippen molar-refractivity contribution in [3.05, 3.63) is 36.4 Å². The Morgan fingerprint density at radius 1 is 0.400 bits per heavy atom. The third kappa shape index (κ3) is 23.2. The Bertz CT molecular complexity index is 266. The molecule has 0 aliphatic rings. The largest absolute Gasteiger partial charge is 0.396 e. The third-order valence-corrected chi connectivity index (χ3v) is 4.68. The van der Waals surface area contributed by atoms with Crippen LogP contribution in [0.1, 0.15) is 110 Å². The Labute approximate surface area is 158 Å². The lowest BCUT2D eigenvalue weighted by Crippen LogP contribution is -1.85. The van der Waals surface area contributed by atoms with Gasteiger partial charge in [-0.15, -0.1) is 0 Å². The van der Waals surface area contributed by atoms with Crippen LogP contribution in [0.4, 0.5) is 0 Å². The predicted molar refractivity (Wildman–Crippen MR) is 113 cm³/mol. The van der Waals surface area contributed by atoms with E-state index in [9.17, 15) is 0 Å². The van der Waals surface area contributed by atoms with E-state index in [1.165, 1.54) is 96.3 Å². The second kappa shape index (κ2) is 23.2. The summed E-state index contributed by atoms with van der Waals surface area (Å²) in [4.78, 5) is 0. The summed E-state index contributed by atoms with van der Waals surface area (Å²) < 4.78 is 0. The lowest BCUT2D eigenvalue weighted by Gasteiger charge is -2.03. The highest BCUT2D eigenvalue weighted by Crippen LogP contribution is 2.13. The first-order valence-corrected chi connectivity index (χ1v) is 11.0. The minimum absolute atomic E-state index is 0.373. The fraction of sp³-hybridized carbons (Fsp3) is 0.750. The first-order valence-electron chi connectivity index (χ1n) is 11.0. The van der Waals surface area contributed by atoms with Crippen molar-refractivity contribution in [1.82, 2.24) is 0 Å². The first kappa shape index (κ1) is 24.2. The van der Waals surface area contributed by atoms with Crippen LogP contribution in [0.25, 0.3) is 0 Å². The SMILES string of the molecule is CCCCCCCCCCCCCCCCCCO.c1ccccc1. The van der Waals surface area contributed by atoms with E-state index in [4.69, 9.17) is 5.11 Å². The summed E-state index contributed by atoms with van der Waals surface area (Å²) in [7, 11) is 0. The van der Waals surface area contributed by atoms with Gasteiger partial charge in [0, 0.05) is 6.61 Å². The number of hydrogen-bond donors (Lipinski definition) is 1. The molecule has 0 fully saturated rings. The van der Waals surface area contributed by atoms with Gasteiger partial charge in [0.25, 0.3) is 0 Å². The second-order valence-corrected chi connectivity index (χ2v) is 7.18. The van der Waals surface area contributed by atoms with Gasteiger partial charge in [-0.3, -0.25) is 0 Å². The van der Waals surface area contributed by atoms with Gasteiger partial charge in [0.1, 0.15) is 0 Å². The van der Waals surface area contributed by atoms with Crippen LogP contribution in [0.2, 0.25) is 0 Å². The van der Waals surface area contributed by atoms with Gasteiger partial charge < -0.3 is 5.11 Å². The van der Waals surface area contributed by atoms with Crippen molar-refractivity contribution >= 4 is 0 Å². The summed E-state index contributed by atoms with van der Waals surface area (Å²) in [6.07, 6.45) is 22.2. The zero-order valence-corrected chi connectivity index (χ0v) is 16.9. The molecule has 0 saturated carbocycles. The standard InChI is InChI=1S/C18H38O.C6H6/c1-2-3-4-5-6-7-8-9-10-11-12-13-14-15-16-17-18-19;1-2-4-6-5-3-1/h19H,2-18H2,1H3;1-6H. The molecule has 0 aliphatic heterocycles. The maximum Gasteiger partial charge on any atom is 0.0431 e. The van der Waals surface area contributed by atoms with E-state index < -0.39 is 0 Å². The first-order chi connectivity index (χ1) is 12.4. The highest BCUT2D eigenvalue weighted by Gasteiger charge is 1.94. The van der Waals surface area contributed by atoms with Gasteiger partial charge >= 0.3 is 0 Å². The minimum atomic E-state index is 0.373. The molecule has 1 nitrogen and oxygen atoms in total. The van der Waals surface area contributed by atoms with Gasteiger partial charge in [-0.25, -0.2) is 0 Å². The van der Waals surface area contributed by atoms with Crippen molar-refractivity contribution in [1.29, 1.82) is 0 Å². The van der Waals surface area contributed by atoms with Crippen LogP contribution >= 0.6 is 0 Å². The van der Waals surface area contributed by atoms with Crippen molar-refractivity contribution in [2.24, 2.45) is 0 Å². The fourth-order valence-electron chi connectivity index (χ4n) is 3.04. The lowest BCUT2D eigenvalue weighted by atomic mass is 10.0. The molecule has 0 bridgehead atoms. The molecule has 146 valence electrons. The molecular formula is C24H44O. The number of aliphatic hydroxyl groups excluding tert-OH is 1. The Hall–Kier alpha value is -0.820. The third-order valence-electron chi connectivity index (χ3n) is 4.68. The van der Waals surface area contributed by atoms with Crippen molar-refractivity contribution in [3.8, 4) is 0 Å². The Morgan fingerprint density at radius 3 is 0.880 bits per heavy atom. The highest BCUT2D eigenvalue weighted by molar-refractivity contribution is 4.99. The molecule has 0 saturated heterocycles. The molecule has 0 amide bonds. The molecule has 25 heavy (non-hydrogen) atoms. The molecule has 1 aromatic carbocycles. The van der Waals surface area contributed by atoms with Gasteiger partial charge in [0.15, 0.2) is 0 Å². The zero-order chi connectivity index (χ0) is 18.3. The number of hydrogen-bond acceptors (Lipinski definition) is 1. The molecule has 0 atom stereocenters. The molecule has 0 radical (unpaired) electrons. The van der Waals surface area contributed by atoms with Crippen LogP contribution in [-0.2, 0) is 0 Å². The fourth-order valence-corrected chi connectivity index (χ4v) is 3.04. The van der Waals surface area contributed by atoms with Crippen LogP contribution in [0, 0.1) is 0 Å². The Balaban J connectivity index is 0.000000796. The number of unbranched alkanes of at least 4 members (excludes halogenated alkanes) is 15. The van der Waals surface area contributed by atoms with Gasteiger partial charge in [-0.2, -0.15) is 0 Å². The van der Waals surface area contributed by atoms with Gasteiger partial charge in [0.2, 0.25) is 0 Å². The van der Waals surface area contributed by atoms with Crippen LogP contribution in [-0.4, -0.2) is 11.7 Å². The smallest absolute Gasteiger partial charge is 0.0431 e. The monoisotopic (exact) mass is 348 g/mol. The normalized spacial score (nSPS) is 10.3. The van der Waals surface area contributed by atoms with Crippen LogP contribution < -0.4 is 0 Å². The van der Waals surface area contributed by atoms with E-state index in [2.05, 4.69) is 6.92 Å². The van der Waals surface area contributed by atoms with E-state index in [1.54, 1.807) is 0 Å². The summed E-state index contributed by atoms with van der Waals surface area (Å²) in [6.45, 7) is 2.66. The quantitative estimate of drug-likeness (QED) is 0.301. The van der Waals surface area contributed by atoms with Crippen molar-refractivity contribution in [3.63, 3.8) is 0 Å². The molecule has 0 heterocycles. The zero-order valence-electron chi connectivity index (χ0n) is 16.9. The second-order valence-electron chi connectivity index (χ2n) is 7.18. The van der Waals surface area contributed by atoms with Gasteiger partial charge in [0.05, 0.1) is 0 Å². The molecule has 1 N–H and O–H groups in total. The van der Waals surface area contributed by atoms with E-state index in [0.29, 0.717) is 6.61 Å². The van der Waals surface area contributed by atoms with E-state index in [-0.39, 0.29) is 0 Å². The highest BCUT2D eigenvalue weighted by atomic mass is 16.2. The van der Waals surface area contributed by atoms with Crippen molar-refractivity contribution in [2.45, 2.75) is 110 Å². The molecule has 0 spiro atoms. The molecule has 0 unspecified atom stereocenters. The molecule has 1 rings (SSSR count). The molecular weight excluding hydrogens is 304 g/mol. The Morgan fingerprint density at radius 2 is 0.640 bits per heavy atom. The maximum absolute atomic E-state index is 8.67. The number of benzene rings is 1. The summed E-state index contributed by atoms with van der Waals surface area (Å²) in [5.41, 5.74) is 0. The number of rotatable bonds is 16. The molecule has 1 heteroatoms. The van der Waals surface area contributed by atoms with Crippen LogP contribution in [0.5, 0.6) is 0 Å². The van der Waals surface area contributed by atoms with Gasteiger partial charge in [-0.05, 0) is 6.42 Å². The minimum Gasteiger partial charge on any atom is -0.396 e. The predicted octanol–water partition coefficient (Wildman–Crippen LogP) is 7.93. The average Bonchev–Trinajstić information content (AvgIpc) is 2.67. The Kier molecular flexibility index (Phi) is 22.4. The van der Waals surface area contributed by atoms with Crippen LogP contribution in [0.3, 0.4) is 0 Å². The summed E-state index contributed by atoms with van der Waals surface area (Å²) in [5.74, 6) is 0. The summed E-state index contributed by atoms with van der Waals surface area (Å²) in [5, 5.41) is 8.67. The molecule has 1 aromatic rings. The van der Waals surface area contributed by atoms with Crippen LogP contribution in [0.15, 0.2) is 36.4 Å². The summed E-state index contributed by atoms with van der Waals surface area (Å²) in [6, 6.07) is 12.0. The average molecular weight is 349 g/mol. The molecule has 0 aromatic heterocycles. The van der Waals surface area contributed by atoms with E-state index in [0.717, 1.165) is 6.42 Å². The van der Waals surface area contributed by atoms with Gasteiger partial charge in [-0.1, -0.05) is 140 Å². The van der Waals surface area contributed by atoms with E-state index >= 15 is 0 Å². The van der Waals surface area contributed by atoms with E-state index in [1.807, 2.05) is 36.4 Å². The number of aliphatic hydroxyl groups is 1. The molecule has 0 aliphatic carbocycles. The lowest BCUT2D eigenvalue weighted by molar-refractivity contribution is 0.282. The summed E-state index contributed by atoms with van der Waals surface area (Å²) >= 11 is 0. The van der Waals surface area contributed by atoms with Crippen molar-refractivity contribution in [2.75, 3.05) is 6.61 Å². The topological polar surface area (TPSA) is 20.2 Å². The van der Waals surface area contributed by atoms with Crippen molar-refractivity contribution < 1.29 is 5.11 Å². The maximum atomic E-state index is 8.67.